The van der Waals surface area contributed by atoms with Crippen LogP contribution < -0.4 is 0 Å². The molecule has 1 amide bonds. The van der Waals surface area contributed by atoms with Crippen molar-refractivity contribution in [1.29, 1.82) is 0 Å². The molecule has 0 atom stereocenters. The van der Waals surface area contributed by atoms with Gasteiger partial charge in [0, 0.05) is 23.5 Å². The van der Waals surface area contributed by atoms with Crippen molar-refractivity contribution >= 4 is 16.5 Å². The molecule has 3 aromatic rings. The van der Waals surface area contributed by atoms with Crippen molar-refractivity contribution in [2.24, 2.45) is 4.36 Å². The minimum absolute atomic E-state index is 0.165. The molecule has 0 aliphatic heterocycles. The summed E-state index contributed by atoms with van der Waals surface area (Å²) < 4.78 is 15.8. The number of pyridine rings is 1. The molecule has 0 fully saturated rings. The molecule has 2 aromatic carbocycles. The Hall–Kier alpha value is -3.43. The van der Waals surface area contributed by atoms with Crippen molar-refractivity contribution in [3.05, 3.63) is 89.7 Å². The second-order valence-electron chi connectivity index (χ2n) is 5.22. The van der Waals surface area contributed by atoms with E-state index < -0.39 is 16.5 Å². The summed E-state index contributed by atoms with van der Waals surface area (Å²) in [6.07, 6.45) is 2.89. The minimum atomic E-state index is -1.77. The standard InChI is InChI=1S/C20H13N2O3S/c23-18-10-8-15(9-11-18)6-7-16-12-17(14-21-13-16)20(24)22-26(25)19-4-2-1-3-5-19/h1-5,8-14,23H/q-1. The predicted molar refractivity (Wildman–Crippen MR) is 97.8 cm³/mol. The number of aromatic hydroxyl groups is 1. The summed E-state index contributed by atoms with van der Waals surface area (Å²) >= 11 is 0. The summed E-state index contributed by atoms with van der Waals surface area (Å²) in [7, 11) is -1.77. The van der Waals surface area contributed by atoms with Crippen LogP contribution in [0.2, 0.25) is 0 Å². The normalized spacial score (nSPS) is 11.4. The number of carbonyl (C=O) groups is 1. The number of nitrogens with zero attached hydrogens (tertiary/aromatic N) is 2. The minimum Gasteiger partial charge on any atom is -0.508 e. The van der Waals surface area contributed by atoms with Crippen LogP contribution in [0.25, 0.3) is 0 Å². The van der Waals surface area contributed by atoms with E-state index >= 15 is 0 Å². The summed E-state index contributed by atoms with van der Waals surface area (Å²) in [6, 6.07) is 16.5. The fourth-order valence-corrected chi connectivity index (χ4v) is 2.78. The maximum atomic E-state index is 12.2. The number of hydrogen-bond acceptors (Lipinski definition) is 5. The Balaban J connectivity index is 1.82. The first-order valence-electron chi connectivity index (χ1n) is 7.61. The lowest BCUT2D eigenvalue weighted by Crippen LogP contribution is -1.97. The Morgan fingerprint density at radius 1 is 0.962 bits per heavy atom. The molecular weight excluding hydrogens is 348 g/mol. The van der Waals surface area contributed by atoms with Crippen LogP contribution in [0.5, 0.6) is 5.75 Å². The average Bonchev–Trinajstić information content (AvgIpc) is 2.68. The lowest BCUT2D eigenvalue weighted by molar-refractivity contribution is 0.100. The SMILES string of the molecule is O=C(N=[S-](=O)c1ccccc1)c1cncc(C#Cc2ccc(O)cc2)c1. The highest BCUT2D eigenvalue weighted by Gasteiger charge is 2.02. The van der Waals surface area contributed by atoms with Crippen molar-refractivity contribution in [3.63, 3.8) is 0 Å². The first-order valence-corrected chi connectivity index (χ1v) is 8.71. The fourth-order valence-electron chi connectivity index (χ4n) is 2.03. The molecule has 0 saturated carbocycles. The smallest absolute Gasteiger partial charge is 0.255 e. The molecule has 0 bridgehead atoms. The van der Waals surface area contributed by atoms with Crippen molar-refractivity contribution < 1.29 is 14.1 Å². The van der Waals surface area contributed by atoms with Gasteiger partial charge in [-0.15, -0.1) is 0 Å². The monoisotopic (exact) mass is 361 g/mol. The number of rotatable bonds is 2. The third-order valence-electron chi connectivity index (χ3n) is 3.31. The predicted octanol–water partition coefficient (Wildman–Crippen LogP) is 3.53. The van der Waals surface area contributed by atoms with Crippen LogP contribution in [-0.2, 0) is 14.8 Å². The Morgan fingerprint density at radius 3 is 2.38 bits per heavy atom. The number of phenolic OH excluding ortho intramolecular Hbond substituents is 1. The van der Waals surface area contributed by atoms with Gasteiger partial charge in [0.25, 0.3) is 5.91 Å². The van der Waals surface area contributed by atoms with Crippen LogP contribution in [-0.4, -0.2) is 16.0 Å². The van der Waals surface area contributed by atoms with E-state index in [1.165, 1.54) is 12.4 Å². The fraction of sp³-hybridized carbons (Fsp3) is 0. The van der Waals surface area contributed by atoms with Gasteiger partial charge < -0.3 is 13.7 Å². The second kappa shape index (κ2) is 8.10. The van der Waals surface area contributed by atoms with Crippen LogP contribution in [0.4, 0.5) is 0 Å². The number of carbonyl (C=O) groups excluding carboxylic acids is 1. The number of phenols is 1. The average molecular weight is 361 g/mol. The first-order chi connectivity index (χ1) is 12.6. The van der Waals surface area contributed by atoms with Crippen molar-refractivity contribution in [3.8, 4) is 17.6 Å². The van der Waals surface area contributed by atoms with E-state index in [-0.39, 0.29) is 11.3 Å². The molecule has 0 spiro atoms. The van der Waals surface area contributed by atoms with E-state index in [1.807, 2.05) is 0 Å². The topological polar surface area (TPSA) is 79.6 Å². The molecule has 1 heterocycles. The quantitative estimate of drug-likeness (QED) is 0.559. The molecule has 26 heavy (non-hydrogen) atoms. The lowest BCUT2D eigenvalue weighted by Gasteiger charge is -2.04. The Morgan fingerprint density at radius 2 is 1.65 bits per heavy atom. The summed E-state index contributed by atoms with van der Waals surface area (Å²) in [6.45, 7) is 0. The van der Waals surface area contributed by atoms with Crippen molar-refractivity contribution in [1.82, 2.24) is 4.98 Å². The highest BCUT2D eigenvalue weighted by atomic mass is 32.2. The van der Waals surface area contributed by atoms with Gasteiger partial charge in [-0.05, 0) is 30.3 Å². The zero-order chi connectivity index (χ0) is 18.4. The Kier molecular flexibility index (Phi) is 5.42. The van der Waals surface area contributed by atoms with Crippen LogP contribution >= 0.6 is 0 Å². The van der Waals surface area contributed by atoms with Crippen LogP contribution in [0.1, 0.15) is 21.5 Å². The molecule has 5 nitrogen and oxygen atoms in total. The van der Waals surface area contributed by atoms with Gasteiger partial charge in [-0.2, -0.15) is 10.6 Å². The van der Waals surface area contributed by atoms with Gasteiger partial charge in [0.05, 0.1) is 5.56 Å². The molecule has 1 aromatic heterocycles. The van der Waals surface area contributed by atoms with E-state index in [2.05, 4.69) is 21.2 Å². The maximum Gasteiger partial charge on any atom is 0.255 e. The molecule has 6 heteroatoms. The Labute approximate surface area is 152 Å². The highest BCUT2D eigenvalue weighted by molar-refractivity contribution is 7.75. The van der Waals surface area contributed by atoms with Gasteiger partial charge in [0.2, 0.25) is 0 Å². The van der Waals surface area contributed by atoms with E-state index in [0.29, 0.717) is 10.5 Å². The molecule has 0 saturated heterocycles. The van der Waals surface area contributed by atoms with Gasteiger partial charge in [-0.3, -0.25) is 9.78 Å². The summed E-state index contributed by atoms with van der Waals surface area (Å²) in [5, 5.41) is 9.26. The van der Waals surface area contributed by atoms with Crippen molar-refractivity contribution in [2.45, 2.75) is 4.90 Å². The molecule has 1 N–H and O–H groups in total. The van der Waals surface area contributed by atoms with Gasteiger partial charge in [-0.25, -0.2) is 0 Å². The molecular formula is C20H13N2O3S-. The molecule has 0 radical (unpaired) electrons. The first kappa shape index (κ1) is 17.4. The van der Waals surface area contributed by atoms with Crippen molar-refractivity contribution in [2.75, 3.05) is 0 Å². The van der Waals surface area contributed by atoms with E-state index in [1.54, 1.807) is 60.7 Å². The van der Waals surface area contributed by atoms with E-state index in [9.17, 15) is 14.1 Å². The highest BCUT2D eigenvalue weighted by Crippen LogP contribution is 2.10. The van der Waals surface area contributed by atoms with E-state index in [0.717, 1.165) is 5.56 Å². The van der Waals surface area contributed by atoms with Gasteiger partial charge >= 0.3 is 0 Å². The molecule has 128 valence electrons. The van der Waals surface area contributed by atoms with Crippen LogP contribution in [0.3, 0.4) is 0 Å². The zero-order valence-corrected chi connectivity index (χ0v) is 14.3. The summed E-state index contributed by atoms with van der Waals surface area (Å²) in [5.74, 6) is 5.36. The van der Waals surface area contributed by atoms with Gasteiger partial charge in [-0.1, -0.05) is 47.1 Å². The summed E-state index contributed by atoms with van der Waals surface area (Å²) in [5.41, 5.74) is 1.46. The third kappa shape index (κ3) is 4.56. The largest absolute Gasteiger partial charge is 0.508 e. The molecule has 3 rings (SSSR count). The van der Waals surface area contributed by atoms with Gasteiger partial charge in [0.1, 0.15) is 5.75 Å². The third-order valence-corrected chi connectivity index (χ3v) is 4.32. The molecule has 0 aliphatic rings. The number of hydrogen-bond donors (Lipinski definition) is 1. The van der Waals surface area contributed by atoms with Crippen LogP contribution in [0, 0.1) is 11.8 Å². The lowest BCUT2D eigenvalue weighted by atomic mass is 10.1. The van der Waals surface area contributed by atoms with E-state index in [4.69, 9.17) is 0 Å². The molecule has 0 unspecified atom stereocenters. The van der Waals surface area contributed by atoms with Gasteiger partial charge in [0.15, 0.2) is 0 Å². The molecule has 0 aliphatic carbocycles. The number of benzene rings is 2. The zero-order valence-electron chi connectivity index (χ0n) is 13.5. The Bertz CT molecular complexity index is 1080. The number of amides is 1. The van der Waals surface area contributed by atoms with Crippen LogP contribution in [0.15, 0.2) is 82.3 Å². The second-order valence-corrected chi connectivity index (χ2v) is 6.37. The summed E-state index contributed by atoms with van der Waals surface area (Å²) in [4.78, 5) is 16.7. The number of aromatic nitrogens is 1. The maximum absolute atomic E-state index is 12.2.